The van der Waals surface area contributed by atoms with Gasteiger partial charge in [-0.25, -0.2) is 0 Å². The van der Waals surface area contributed by atoms with E-state index in [9.17, 15) is 4.79 Å². The average Bonchev–Trinajstić information content (AvgIpc) is 3.15. The van der Waals surface area contributed by atoms with E-state index in [2.05, 4.69) is 15.4 Å². The molecule has 0 saturated carbocycles. The van der Waals surface area contributed by atoms with E-state index in [1.165, 1.54) is 11.8 Å². The van der Waals surface area contributed by atoms with Crippen molar-refractivity contribution in [2.24, 2.45) is 0 Å². The lowest BCUT2D eigenvalue weighted by molar-refractivity contribution is -0.694. The average molecular weight is 371 g/mol. The number of hydrogen-bond donors (Lipinski definition) is 2. The number of nitrogens with one attached hydrogen (secondary N) is 2. The van der Waals surface area contributed by atoms with Crippen molar-refractivity contribution in [1.29, 1.82) is 0 Å². The highest BCUT2D eigenvalue weighted by molar-refractivity contribution is 7.99. The van der Waals surface area contributed by atoms with Gasteiger partial charge < -0.3 is 14.8 Å². The number of H-pyrrole nitrogens is 1. The highest BCUT2D eigenvalue weighted by atomic mass is 32.2. The summed E-state index contributed by atoms with van der Waals surface area (Å²) in [6.45, 7) is 0. The van der Waals surface area contributed by atoms with E-state index in [-0.39, 0.29) is 11.7 Å². The monoisotopic (exact) mass is 371 g/mol. The Morgan fingerprint density at radius 2 is 1.85 bits per heavy atom. The fourth-order valence-electron chi connectivity index (χ4n) is 2.33. The molecule has 0 saturated heterocycles. The van der Waals surface area contributed by atoms with Gasteiger partial charge in [0.15, 0.2) is 5.69 Å². The first-order valence-corrected chi connectivity index (χ1v) is 8.84. The van der Waals surface area contributed by atoms with Gasteiger partial charge in [-0.1, -0.05) is 18.2 Å². The summed E-state index contributed by atoms with van der Waals surface area (Å²) in [5.74, 6) is 1.30. The number of carbonyl (C=O) groups excluding carboxylic acids is 1. The minimum Gasteiger partial charge on any atom is -0.497 e. The van der Waals surface area contributed by atoms with Crippen LogP contribution in [0, 0.1) is 0 Å². The fraction of sp³-hybridized carbons (Fsp3) is 0.167. The molecule has 0 unspecified atom stereocenters. The molecule has 1 amide bonds. The van der Waals surface area contributed by atoms with Gasteiger partial charge in [0, 0.05) is 23.9 Å². The highest BCUT2D eigenvalue weighted by Crippen LogP contribution is 2.26. The van der Waals surface area contributed by atoms with Crippen molar-refractivity contribution in [3.8, 4) is 17.2 Å². The first-order valence-electron chi connectivity index (χ1n) is 7.86. The minimum atomic E-state index is -0.145. The predicted octanol–water partition coefficient (Wildman–Crippen LogP) is 2.43. The summed E-state index contributed by atoms with van der Waals surface area (Å²) in [5, 5.41) is 6.59. The van der Waals surface area contributed by atoms with Crippen molar-refractivity contribution >= 4 is 23.4 Å². The molecule has 0 aliphatic rings. The smallest absolute Gasteiger partial charge is 0.385 e. The van der Waals surface area contributed by atoms with Crippen LogP contribution >= 0.6 is 11.8 Å². The number of nitrogens with zero attached hydrogens (tertiary/aromatic N) is 2. The molecule has 7 nitrogen and oxygen atoms in total. The van der Waals surface area contributed by atoms with Gasteiger partial charge in [0.2, 0.25) is 12.2 Å². The number of carbonyl (C=O) groups is 1. The summed E-state index contributed by atoms with van der Waals surface area (Å²) in [4.78, 5) is 16.6. The molecule has 0 fully saturated rings. The highest BCUT2D eigenvalue weighted by Gasteiger charge is 2.18. The van der Waals surface area contributed by atoms with Crippen molar-refractivity contribution in [1.82, 2.24) is 10.1 Å². The maximum absolute atomic E-state index is 12.3. The third-order valence-corrected chi connectivity index (χ3v) is 4.49. The third-order valence-electron chi connectivity index (χ3n) is 3.54. The van der Waals surface area contributed by atoms with Crippen LogP contribution in [0.25, 0.3) is 5.69 Å². The molecule has 3 aromatic rings. The molecule has 1 aromatic heterocycles. The number of benzene rings is 2. The van der Waals surface area contributed by atoms with Crippen molar-refractivity contribution < 1.29 is 19.0 Å². The summed E-state index contributed by atoms with van der Waals surface area (Å²) in [6.07, 6.45) is 1.60. The van der Waals surface area contributed by atoms with Crippen LogP contribution in [0.5, 0.6) is 11.5 Å². The Hall–Kier alpha value is -3.00. The van der Waals surface area contributed by atoms with E-state index in [1.807, 2.05) is 35.0 Å². The quantitative estimate of drug-likeness (QED) is 0.493. The third kappa shape index (κ3) is 4.34. The lowest BCUT2D eigenvalue weighted by atomic mass is 10.2. The van der Waals surface area contributed by atoms with E-state index in [0.29, 0.717) is 22.3 Å². The Balaban J connectivity index is 1.65. The van der Waals surface area contributed by atoms with Crippen LogP contribution in [0.2, 0.25) is 0 Å². The standard InChI is InChI=1S/C18H18N4O3S/c1-24-15-8-13(9-16(10-15)25-2)21-17(23)11-26-18-19-12-20-22(18)14-6-4-3-5-7-14/h3-10,12H,11H2,1-2H3,(H,21,23)/p+1. The van der Waals surface area contributed by atoms with E-state index in [0.717, 1.165) is 5.69 Å². The van der Waals surface area contributed by atoms with Crippen molar-refractivity contribution in [2.45, 2.75) is 5.16 Å². The molecule has 0 radical (unpaired) electrons. The number of para-hydroxylation sites is 1. The van der Waals surface area contributed by atoms with Gasteiger partial charge in [0.05, 0.1) is 20.0 Å². The maximum atomic E-state index is 12.3. The normalized spacial score (nSPS) is 10.4. The Labute approximate surface area is 155 Å². The molecule has 134 valence electrons. The molecule has 0 aliphatic heterocycles. The van der Waals surface area contributed by atoms with Crippen LogP contribution < -0.4 is 19.5 Å². The zero-order valence-corrected chi connectivity index (χ0v) is 15.2. The number of hydrogen-bond acceptors (Lipinski definition) is 5. The minimum absolute atomic E-state index is 0.145. The Kier molecular flexibility index (Phi) is 5.75. The number of aromatic nitrogens is 3. The number of ether oxygens (including phenoxy) is 2. The Bertz CT molecular complexity index is 861. The van der Waals surface area contributed by atoms with Gasteiger partial charge >= 0.3 is 5.16 Å². The van der Waals surface area contributed by atoms with Gasteiger partial charge in [0.1, 0.15) is 11.5 Å². The van der Waals surface area contributed by atoms with E-state index in [1.54, 1.807) is 38.7 Å². The molecule has 26 heavy (non-hydrogen) atoms. The first kappa shape index (κ1) is 17.8. The number of amides is 1. The molecule has 1 heterocycles. The van der Waals surface area contributed by atoms with Gasteiger partial charge in [-0.3, -0.25) is 4.79 Å². The van der Waals surface area contributed by atoms with Crippen LogP contribution in [0.4, 0.5) is 5.69 Å². The second-order valence-electron chi connectivity index (χ2n) is 5.28. The number of rotatable bonds is 7. The molecule has 8 heteroatoms. The van der Waals surface area contributed by atoms with Crippen LogP contribution in [0.3, 0.4) is 0 Å². The Morgan fingerprint density at radius 3 is 2.50 bits per heavy atom. The molecule has 0 spiro atoms. The van der Waals surface area contributed by atoms with Gasteiger partial charge in [-0.15, -0.1) is 4.68 Å². The second-order valence-corrected chi connectivity index (χ2v) is 6.22. The van der Waals surface area contributed by atoms with Crippen LogP contribution in [-0.2, 0) is 4.79 Å². The van der Waals surface area contributed by atoms with Crippen LogP contribution in [0.1, 0.15) is 0 Å². The summed E-state index contributed by atoms with van der Waals surface area (Å²) >= 11 is 1.34. The lowest BCUT2D eigenvalue weighted by Gasteiger charge is -2.09. The lowest BCUT2D eigenvalue weighted by Crippen LogP contribution is -2.35. The Morgan fingerprint density at radius 1 is 1.15 bits per heavy atom. The number of aromatic amines is 1. The maximum Gasteiger partial charge on any atom is 0.385 e. The molecule has 0 bridgehead atoms. The fourth-order valence-corrected chi connectivity index (χ4v) is 3.07. The number of methoxy groups -OCH3 is 2. The van der Waals surface area contributed by atoms with E-state index >= 15 is 0 Å². The molecule has 2 N–H and O–H groups in total. The van der Waals surface area contributed by atoms with Gasteiger partial charge in [-0.2, -0.15) is 5.10 Å². The first-order chi connectivity index (χ1) is 12.7. The zero-order chi connectivity index (χ0) is 18.4. The van der Waals surface area contributed by atoms with E-state index in [4.69, 9.17) is 9.47 Å². The van der Waals surface area contributed by atoms with Crippen LogP contribution in [-0.4, -0.2) is 36.0 Å². The summed E-state index contributed by atoms with van der Waals surface area (Å²) < 4.78 is 12.2. The number of thioether (sulfide) groups is 1. The van der Waals surface area contributed by atoms with Crippen molar-refractivity contribution in [3.05, 3.63) is 54.9 Å². The molecule has 3 rings (SSSR count). The molecule has 0 atom stereocenters. The van der Waals surface area contributed by atoms with Crippen molar-refractivity contribution in [2.75, 3.05) is 25.3 Å². The zero-order valence-electron chi connectivity index (χ0n) is 14.4. The molecular weight excluding hydrogens is 352 g/mol. The predicted molar refractivity (Wildman–Crippen MR) is 99.0 cm³/mol. The van der Waals surface area contributed by atoms with Gasteiger partial charge in [-0.05, 0) is 28.9 Å². The van der Waals surface area contributed by atoms with Gasteiger partial charge in [0.25, 0.3) is 0 Å². The summed E-state index contributed by atoms with van der Waals surface area (Å²) in [6, 6.07) is 15.0. The molecular formula is C18H19N4O3S+. The summed E-state index contributed by atoms with van der Waals surface area (Å²) in [7, 11) is 3.13. The van der Waals surface area contributed by atoms with Crippen LogP contribution in [0.15, 0.2) is 60.0 Å². The molecule has 2 aromatic carbocycles. The summed E-state index contributed by atoms with van der Waals surface area (Å²) in [5.41, 5.74) is 1.57. The SMILES string of the molecule is COc1cc(NC(=O)CSc2nc[nH][n+]2-c2ccccc2)cc(OC)c1. The largest absolute Gasteiger partial charge is 0.497 e. The molecule has 0 aliphatic carbocycles. The number of anilines is 1. The second kappa shape index (κ2) is 8.39. The van der Waals surface area contributed by atoms with E-state index < -0.39 is 0 Å². The van der Waals surface area contributed by atoms with Crippen molar-refractivity contribution in [3.63, 3.8) is 0 Å². The topological polar surface area (TPSA) is 80.1 Å².